The molecule has 18 heavy (non-hydrogen) atoms. The predicted octanol–water partition coefficient (Wildman–Crippen LogP) is 2.08. The minimum atomic E-state index is 0.629. The first-order valence-electron chi connectivity index (χ1n) is 6.20. The van der Waals surface area contributed by atoms with Gasteiger partial charge in [0.05, 0.1) is 16.2 Å². The molecule has 4 nitrogen and oxygen atoms in total. The van der Waals surface area contributed by atoms with E-state index in [9.17, 15) is 0 Å². The number of hydrogen-bond acceptors (Lipinski definition) is 4. The molecule has 3 rings (SSSR count). The number of anilines is 1. The molecule has 1 N–H and O–H groups in total. The lowest BCUT2D eigenvalue weighted by molar-refractivity contribution is 0.724. The third kappa shape index (κ3) is 2.26. The van der Waals surface area contributed by atoms with Gasteiger partial charge < -0.3 is 10.2 Å². The van der Waals surface area contributed by atoms with Gasteiger partial charge in [0.2, 0.25) is 0 Å². The van der Waals surface area contributed by atoms with Gasteiger partial charge in [-0.05, 0) is 25.1 Å². The third-order valence-corrected chi connectivity index (χ3v) is 3.41. The minimum Gasteiger partial charge on any atom is -0.368 e. The number of rotatable bonds is 1. The quantitative estimate of drug-likeness (QED) is 0.854. The summed E-state index contributed by atoms with van der Waals surface area (Å²) >= 11 is 5.96. The highest BCUT2D eigenvalue weighted by Crippen LogP contribution is 2.25. The van der Waals surface area contributed by atoms with E-state index in [0.717, 1.165) is 49.3 Å². The molecule has 0 aliphatic carbocycles. The Bertz CT molecular complexity index is 550. The summed E-state index contributed by atoms with van der Waals surface area (Å²) in [5.74, 6) is 0. The SMILES string of the molecule is Clc1cnc2c(N3CCCNCC3)ccnc2c1. The highest BCUT2D eigenvalue weighted by atomic mass is 35.5. The van der Waals surface area contributed by atoms with Crippen LogP contribution in [0.1, 0.15) is 6.42 Å². The van der Waals surface area contributed by atoms with Crippen LogP contribution in [-0.4, -0.2) is 36.1 Å². The van der Waals surface area contributed by atoms with Crippen molar-refractivity contribution in [3.8, 4) is 0 Å². The van der Waals surface area contributed by atoms with Gasteiger partial charge in [-0.15, -0.1) is 0 Å². The zero-order valence-corrected chi connectivity index (χ0v) is 10.8. The van der Waals surface area contributed by atoms with Crippen molar-refractivity contribution in [2.45, 2.75) is 6.42 Å². The summed E-state index contributed by atoms with van der Waals surface area (Å²) in [4.78, 5) is 11.1. The Labute approximate surface area is 111 Å². The monoisotopic (exact) mass is 262 g/mol. The van der Waals surface area contributed by atoms with Crippen molar-refractivity contribution in [3.63, 3.8) is 0 Å². The van der Waals surface area contributed by atoms with E-state index in [0.29, 0.717) is 5.02 Å². The van der Waals surface area contributed by atoms with Gasteiger partial charge in [-0.3, -0.25) is 9.97 Å². The molecule has 1 aliphatic heterocycles. The first-order valence-corrected chi connectivity index (χ1v) is 6.58. The molecule has 1 saturated heterocycles. The topological polar surface area (TPSA) is 41.1 Å². The number of aromatic nitrogens is 2. The van der Waals surface area contributed by atoms with E-state index >= 15 is 0 Å². The zero-order chi connectivity index (χ0) is 12.4. The van der Waals surface area contributed by atoms with Gasteiger partial charge in [-0.25, -0.2) is 0 Å². The van der Waals surface area contributed by atoms with Crippen molar-refractivity contribution >= 4 is 28.3 Å². The fraction of sp³-hybridized carbons (Fsp3) is 0.385. The van der Waals surface area contributed by atoms with Crippen LogP contribution in [0.3, 0.4) is 0 Å². The van der Waals surface area contributed by atoms with Gasteiger partial charge in [-0.1, -0.05) is 11.6 Å². The highest BCUT2D eigenvalue weighted by molar-refractivity contribution is 6.31. The molecule has 0 atom stereocenters. The van der Waals surface area contributed by atoms with E-state index in [1.807, 2.05) is 18.3 Å². The summed E-state index contributed by atoms with van der Waals surface area (Å²) in [6.45, 7) is 4.15. The number of pyridine rings is 2. The third-order valence-electron chi connectivity index (χ3n) is 3.20. The highest BCUT2D eigenvalue weighted by Gasteiger charge is 2.13. The summed E-state index contributed by atoms with van der Waals surface area (Å²) in [5, 5.41) is 4.03. The molecular weight excluding hydrogens is 248 g/mol. The Balaban J connectivity index is 2.04. The first-order chi connectivity index (χ1) is 8.84. The Kier molecular flexibility index (Phi) is 3.30. The molecule has 0 unspecified atom stereocenters. The van der Waals surface area contributed by atoms with Crippen LogP contribution in [0, 0.1) is 0 Å². The molecule has 1 fully saturated rings. The second kappa shape index (κ2) is 5.08. The van der Waals surface area contributed by atoms with E-state index in [2.05, 4.69) is 20.2 Å². The van der Waals surface area contributed by atoms with Crippen molar-refractivity contribution in [1.82, 2.24) is 15.3 Å². The van der Waals surface area contributed by atoms with Crippen molar-refractivity contribution in [1.29, 1.82) is 0 Å². The van der Waals surface area contributed by atoms with Crippen LogP contribution in [0.2, 0.25) is 5.02 Å². The maximum absolute atomic E-state index is 5.96. The average molecular weight is 263 g/mol. The molecule has 3 heterocycles. The van der Waals surface area contributed by atoms with Crippen LogP contribution in [0.5, 0.6) is 0 Å². The largest absolute Gasteiger partial charge is 0.368 e. The van der Waals surface area contributed by atoms with E-state index in [1.165, 1.54) is 0 Å². The van der Waals surface area contributed by atoms with E-state index in [1.54, 1.807) is 6.20 Å². The van der Waals surface area contributed by atoms with Crippen molar-refractivity contribution in [2.24, 2.45) is 0 Å². The molecule has 0 saturated carbocycles. The zero-order valence-electron chi connectivity index (χ0n) is 10.1. The molecule has 0 amide bonds. The summed E-state index contributed by atoms with van der Waals surface area (Å²) < 4.78 is 0. The van der Waals surface area contributed by atoms with Gasteiger partial charge in [0.1, 0.15) is 5.52 Å². The smallest absolute Gasteiger partial charge is 0.112 e. The lowest BCUT2D eigenvalue weighted by atomic mass is 10.2. The van der Waals surface area contributed by atoms with Gasteiger partial charge in [0.15, 0.2) is 0 Å². The van der Waals surface area contributed by atoms with E-state index < -0.39 is 0 Å². The Hall–Kier alpha value is -1.39. The number of fused-ring (bicyclic) bond motifs is 1. The first kappa shape index (κ1) is 11.7. The summed E-state index contributed by atoms with van der Waals surface area (Å²) in [5.41, 5.74) is 2.95. The maximum Gasteiger partial charge on any atom is 0.112 e. The predicted molar refractivity (Wildman–Crippen MR) is 74.2 cm³/mol. The summed E-state index contributed by atoms with van der Waals surface area (Å²) in [7, 11) is 0. The fourth-order valence-electron chi connectivity index (χ4n) is 2.33. The van der Waals surface area contributed by atoms with Crippen LogP contribution in [0.25, 0.3) is 11.0 Å². The second-order valence-electron chi connectivity index (χ2n) is 4.44. The molecule has 1 aliphatic rings. The van der Waals surface area contributed by atoms with Crippen LogP contribution < -0.4 is 10.2 Å². The fourth-order valence-corrected chi connectivity index (χ4v) is 2.49. The molecule has 0 aromatic carbocycles. The summed E-state index contributed by atoms with van der Waals surface area (Å²) in [6.07, 6.45) is 4.66. The molecule has 0 bridgehead atoms. The van der Waals surface area contributed by atoms with Crippen molar-refractivity contribution in [2.75, 3.05) is 31.1 Å². The molecular formula is C13H15ClN4. The van der Waals surface area contributed by atoms with Crippen molar-refractivity contribution in [3.05, 3.63) is 29.5 Å². The molecule has 0 radical (unpaired) electrons. The normalized spacial score (nSPS) is 16.8. The van der Waals surface area contributed by atoms with Gasteiger partial charge in [0.25, 0.3) is 0 Å². The number of nitrogens with zero attached hydrogens (tertiary/aromatic N) is 3. The lowest BCUT2D eigenvalue weighted by Gasteiger charge is -2.23. The Morgan fingerprint density at radius 2 is 2.17 bits per heavy atom. The summed E-state index contributed by atoms with van der Waals surface area (Å²) in [6, 6.07) is 3.90. The van der Waals surface area contributed by atoms with Gasteiger partial charge >= 0.3 is 0 Å². The average Bonchev–Trinajstić information content (AvgIpc) is 2.66. The van der Waals surface area contributed by atoms with Gasteiger partial charge in [-0.2, -0.15) is 0 Å². The Morgan fingerprint density at radius 1 is 1.22 bits per heavy atom. The molecule has 5 heteroatoms. The number of halogens is 1. The standard InChI is InChI=1S/C13H15ClN4/c14-10-8-11-13(17-9-10)12(2-4-16-11)18-6-1-3-15-5-7-18/h2,4,8-9,15H,1,3,5-7H2. The van der Waals surface area contributed by atoms with E-state index in [4.69, 9.17) is 11.6 Å². The molecule has 2 aromatic heterocycles. The lowest BCUT2D eigenvalue weighted by Crippen LogP contribution is -2.28. The number of hydrogen-bond donors (Lipinski definition) is 1. The van der Waals surface area contributed by atoms with Crippen LogP contribution >= 0.6 is 11.6 Å². The molecule has 0 spiro atoms. The minimum absolute atomic E-state index is 0.629. The number of nitrogens with one attached hydrogen (secondary N) is 1. The van der Waals surface area contributed by atoms with Crippen LogP contribution in [0.4, 0.5) is 5.69 Å². The van der Waals surface area contributed by atoms with Crippen LogP contribution in [-0.2, 0) is 0 Å². The van der Waals surface area contributed by atoms with Crippen molar-refractivity contribution < 1.29 is 0 Å². The molecule has 2 aromatic rings. The van der Waals surface area contributed by atoms with E-state index in [-0.39, 0.29) is 0 Å². The maximum atomic E-state index is 5.96. The molecule has 94 valence electrons. The van der Waals surface area contributed by atoms with Crippen LogP contribution in [0.15, 0.2) is 24.5 Å². The second-order valence-corrected chi connectivity index (χ2v) is 4.88. The van der Waals surface area contributed by atoms with Gasteiger partial charge in [0, 0.05) is 32.0 Å². The Morgan fingerprint density at radius 3 is 3.11 bits per heavy atom.